The van der Waals surface area contributed by atoms with Crippen LogP contribution in [-0.2, 0) is 9.59 Å². The van der Waals surface area contributed by atoms with Gasteiger partial charge < -0.3 is 5.32 Å². The number of carbonyl (C=O) groups excluding carboxylic acids is 2. The van der Waals surface area contributed by atoms with Crippen LogP contribution in [0.2, 0.25) is 0 Å². The van der Waals surface area contributed by atoms with Gasteiger partial charge in [0.05, 0.1) is 11.9 Å². The van der Waals surface area contributed by atoms with Gasteiger partial charge in [-0.15, -0.1) is 0 Å². The van der Waals surface area contributed by atoms with Gasteiger partial charge in [-0.2, -0.15) is 9.61 Å². The fourth-order valence-electron chi connectivity index (χ4n) is 2.61. The molecule has 1 aliphatic heterocycles. The minimum atomic E-state index is -0.681. The van der Waals surface area contributed by atoms with Crippen LogP contribution in [0.4, 0.5) is 11.5 Å². The average Bonchev–Trinajstić information content (AvgIpc) is 3.14. The Hall–Kier alpha value is -3.75. The summed E-state index contributed by atoms with van der Waals surface area (Å²) < 4.78 is 1.50. The highest BCUT2D eigenvalue weighted by atomic mass is 16.2. The fourth-order valence-corrected chi connectivity index (χ4v) is 2.61. The Morgan fingerprint density at radius 1 is 1.15 bits per heavy atom. The smallest absolute Gasteiger partial charge is 0.293 e. The molecule has 26 heavy (non-hydrogen) atoms. The van der Waals surface area contributed by atoms with Crippen molar-refractivity contribution in [3.05, 3.63) is 54.9 Å². The molecule has 2 aromatic heterocycles. The third-order valence-electron chi connectivity index (χ3n) is 3.88. The minimum Gasteiger partial charge on any atom is -0.304 e. The van der Waals surface area contributed by atoms with Crippen molar-refractivity contribution < 1.29 is 9.59 Å². The maximum Gasteiger partial charge on any atom is 0.293 e. The third kappa shape index (κ3) is 2.75. The van der Waals surface area contributed by atoms with E-state index in [0.29, 0.717) is 17.2 Å². The predicted molar refractivity (Wildman–Crippen MR) is 95.6 cm³/mol. The van der Waals surface area contributed by atoms with Crippen molar-refractivity contribution >= 4 is 34.8 Å². The lowest BCUT2D eigenvalue weighted by molar-refractivity contribution is -0.120. The molecule has 0 radical (unpaired) electrons. The first-order chi connectivity index (χ1) is 12.6. The standard InChI is InChI=1S/C17H15N7O2/c1-11-17(26)23(12-5-3-2-4-6-12)22-15(20-11)16(25)21-14-7-9-18-13-8-10-19-24(13)14/h2-11H,1H3,(H,20,22)(H,21,25)/t11-/m0/s1. The van der Waals surface area contributed by atoms with Gasteiger partial charge in [0.2, 0.25) is 5.84 Å². The number of amidine groups is 1. The number of aromatic nitrogens is 3. The molecule has 0 aliphatic carbocycles. The zero-order valence-electron chi connectivity index (χ0n) is 13.8. The van der Waals surface area contributed by atoms with Gasteiger partial charge in [-0.25, -0.2) is 15.0 Å². The van der Waals surface area contributed by atoms with Gasteiger partial charge in [-0.1, -0.05) is 18.2 Å². The number of carbonyl (C=O) groups is 2. The number of anilines is 2. The number of nitrogens with one attached hydrogen (secondary N) is 2. The topological polar surface area (TPSA) is 104 Å². The zero-order valence-corrected chi connectivity index (χ0v) is 13.8. The first-order valence-corrected chi connectivity index (χ1v) is 7.97. The molecule has 130 valence electrons. The molecule has 4 rings (SSSR count). The third-order valence-corrected chi connectivity index (χ3v) is 3.88. The molecule has 0 saturated heterocycles. The molecule has 2 N–H and O–H groups in total. The number of aliphatic imine (C=N–C) groups is 1. The Morgan fingerprint density at radius 2 is 1.96 bits per heavy atom. The summed E-state index contributed by atoms with van der Waals surface area (Å²) >= 11 is 0. The molecule has 0 fully saturated rings. The first-order valence-electron chi connectivity index (χ1n) is 7.97. The van der Waals surface area contributed by atoms with Crippen LogP contribution in [0.25, 0.3) is 5.65 Å². The second-order valence-corrected chi connectivity index (χ2v) is 5.66. The molecule has 3 heterocycles. The van der Waals surface area contributed by atoms with Crippen LogP contribution >= 0.6 is 0 Å². The lowest BCUT2D eigenvalue weighted by Crippen LogP contribution is -2.57. The monoisotopic (exact) mass is 349 g/mol. The number of fused-ring (bicyclic) bond motifs is 1. The summed E-state index contributed by atoms with van der Waals surface area (Å²) in [7, 11) is 0. The summed E-state index contributed by atoms with van der Waals surface area (Å²) in [6.45, 7) is 1.64. The molecule has 9 nitrogen and oxygen atoms in total. The van der Waals surface area contributed by atoms with Crippen molar-refractivity contribution in [1.29, 1.82) is 0 Å². The Kier molecular flexibility index (Phi) is 3.81. The van der Waals surface area contributed by atoms with Crippen molar-refractivity contribution in [2.24, 2.45) is 4.99 Å². The Balaban J connectivity index is 1.60. The largest absolute Gasteiger partial charge is 0.304 e. The van der Waals surface area contributed by atoms with Gasteiger partial charge in [0, 0.05) is 12.3 Å². The lowest BCUT2D eigenvalue weighted by Gasteiger charge is -2.30. The second-order valence-electron chi connectivity index (χ2n) is 5.66. The number of para-hydroxylation sites is 1. The van der Waals surface area contributed by atoms with Crippen LogP contribution in [0, 0.1) is 0 Å². The van der Waals surface area contributed by atoms with Crippen LogP contribution in [-0.4, -0.2) is 38.3 Å². The normalized spacial score (nSPS) is 17.0. The number of nitrogens with zero attached hydrogens (tertiary/aromatic N) is 5. The average molecular weight is 349 g/mol. The minimum absolute atomic E-state index is 0.0399. The number of amides is 2. The summed E-state index contributed by atoms with van der Waals surface area (Å²) in [5.41, 5.74) is 4.02. The van der Waals surface area contributed by atoms with E-state index in [4.69, 9.17) is 0 Å². The summed E-state index contributed by atoms with van der Waals surface area (Å²) in [6, 6.07) is 11.7. The van der Waals surface area contributed by atoms with Crippen LogP contribution < -0.4 is 15.8 Å². The molecule has 0 saturated carbocycles. The molecule has 1 aliphatic rings. The molecule has 1 aromatic carbocycles. The van der Waals surface area contributed by atoms with Crippen LogP contribution in [0.5, 0.6) is 0 Å². The van der Waals surface area contributed by atoms with Crippen LogP contribution in [0.3, 0.4) is 0 Å². The van der Waals surface area contributed by atoms with Gasteiger partial charge in [0.1, 0.15) is 11.9 Å². The summed E-state index contributed by atoms with van der Waals surface area (Å²) in [5.74, 6) is -0.234. The van der Waals surface area contributed by atoms with Gasteiger partial charge in [0.25, 0.3) is 11.8 Å². The van der Waals surface area contributed by atoms with Crippen molar-refractivity contribution in [2.45, 2.75) is 13.0 Å². The van der Waals surface area contributed by atoms with Crippen molar-refractivity contribution in [3.63, 3.8) is 0 Å². The highest BCUT2D eigenvalue weighted by molar-refractivity contribution is 6.43. The second kappa shape index (κ2) is 6.28. The number of hydrogen-bond donors (Lipinski definition) is 2. The summed E-state index contributed by atoms with van der Waals surface area (Å²) in [4.78, 5) is 33.4. The van der Waals surface area contributed by atoms with E-state index in [2.05, 4.69) is 25.8 Å². The molecular formula is C17H15N7O2. The van der Waals surface area contributed by atoms with Crippen molar-refractivity contribution in [2.75, 3.05) is 10.3 Å². The van der Waals surface area contributed by atoms with E-state index in [1.54, 1.807) is 43.6 Å². The molecule has 0 unspecified atom stereocenters. The highest BCUT2D eigenvalue weighted by Gasteiger charge is 2.30. The number of hydrazine groups is 1. The summed E-state index contributed by atoms with van der Waals surface area (Å²) in [5, 5.41) is 8.18. The molecule has 1 atom stereocenters. The van der Waals surface area contributed by atoms with Gasteiger partial charge in [0.15, 0.2) is 5.65 Å². The van der Waals surface area contributed by atoms with Gasteiger partial charge in [-0.3, -0.25) is 15.0 Å². The quantitative estimate of drug-likeness (QED) is 0.734. The van der Waals surface area contributed by atoms with E-state index in [9.17, 15) is 9.59 Å². The lowest BCUT2D eigenvalue weighted by atomic mass is 10.2. The Labute approximate surface area is 148 Å². The van der Waals surface area contributed by atoms with Crippen LogP contribution in [0.15, 0.2) is 59.9 Å². The van der Waals surface area contributed by atoms with E-state index in [1.165, 1.54) is 9.52 Å². The number of benzene rings is 1. The van der Waals surface area contributed by atoms with Crippen LogP contribution in [0.1, 0.15) is 6.92 Å². The van der Waals surface area contributed by atoms with Gasteiger partial charge >= 0.3 is 0 Å². The van der Waals surface area contributed by atoms with E-state index < -0.39 is 11.9 Å². The Morgan fingerprint density at radius 3 is 2.77 bits per heavy atom. The van der Waals surface area contributed by atoms with E-state index in [-0.39, 0.29) is 11.7 Å². The molecule has 0 spiro atoms. The Bertz CT molecular complexity index is 1010. The van der Waals surface area contributed by atoms with E-state index >= 15 is 0 Å². The predicted octanol–water partition coefficient (Wildman–Crippen LogP) is 1.01. The molecular weight excluding hydrogens is 334 g/mol. The van der Waals surface area contributed by atoms with Gasteiger partial charge in [-0.05, 0) is 25.1 Å². The van der Waals surface area contributed by atoms with E-state index in [1.807, 2.05) is 18.2 Å². The van der Waals surface area contributed by atoms with Crippen molar-refractivity contribution in [1.82, 2.24) is 20.0 Å². The fraction of sp³-hybridized carbons (Fsp3) is 0.118. The molecule has 2 amide bonds. The highest BCUT2D eigenvalue weighted by Crippen LogP contribution is 2.16. The SMILES string of the molecule is C[C@@H]1N=C(C(=O)Nc2ccnc3ccnn23)NN(c2ccccc2)C1=O. The van der Waals surface area contributed by atoms with E-state index in [0.717, 1.165) is 0 Å². The molecule has 9 heteroatoms. The zero-order chi connectivity index (χ0) is 18.1. The first kappa shape index (κ1) is 15.8. The van der Waals surface area contributed by atoms with Crippen molar-refractivity contribution in [3.8, 4) is 0 Å². The molecule has 3 aromatic rings. The maximum absolute atomic E-state index is 12.7. The maximum atomic E-state index is 12.7. The number of rotatable bonds is 3. The summed E-state index contributed by atoms with van der Waals surface area (Å²) in [6.07, 6.45) is 3.16. The molecule has 0 bridgehead atoms. The number of hydrogen-bond acceptors (Lipinski definition) is 6.